The van der Waals surface area contributed by atoms with Gasteiger partial charge in [0.2, 0.25) is 0 Å². The molecule has 2 aliphatic rings. The number of rotatable bonds is 6. The molecule has 1 aromatic rings. The molecule has 0 N–H and O–H groups in total. The van der Waals surface area contributed by atoms with Crippen molar-refractivity contribution in [2.45, 2.75) is 96.4 Å². The zero-order chi connectivity index (χ0) is 15.7. The minimum Gasteiger partial charge on any atom is -0.337 e. The fraction of sp³-hybridized carbons (Fsp3) is 0.857. The second kappa shape index (κ2) is 9.49. The number of aromatic nitrogens is 2. The molecular weight excluding hydrogens is 280 g/mol. The van der Waals surface area contributed by atoms with Crippen LogP contribution >= 0.6 is 0 Å². The van der Waals surface area contributed by atoms with E-state index in [4.69, 9.17) is 0 Å². The Balaban J connectivity index is 1.57. The highest BCUT2D eigenvalue weighted by Gasteiger charge is 2.22. The fourth-order valence-electron chi connectivity index (χ4n) is 5.08. The minimum atomic E-state index is 0.871. The summed E-state index contributed by atoms with van der Waals surface area (Å²) < 4.78 is 2.33. The van der Waals surface area contributed by atoms with E-state index in [2.05, 4.69) is 15.7 Å². The Morgan fingerprint density at radius 3 is 1.74 bits per heavy atom. The first kappa shape index (κ1) is 17.0. The van der Waals surface area contributed by atoms with Crippen LogP contribution in [0, 0.1) is 17.8 Å². The van der Waals surface area contributed by atoms with Crippen molar-refractivity contribution < 1.29 is 0 Å². The van der Waals surface area contributed by atoms with Crippen molar-refractivity contribution in [1.29, 1.82) is 0 Å². The van der Waals surface area contributed by atoms with Crippen molar-refractivity contribution in [2.24, 2.45) is 17.8 Å². The first-order valence-corrected chi connectivity index (χ1v) is 10.4. The molecule has 0 aromatic carbocycles. The van der Waals surface area contributed by atoms with Gasteiger partial charge in [-0.15, -0.1) is 0 Å². The van der Waals surface area contributed by atoms with Gasteiger partial charge < -0.3 is 4.57 Å². The predicted molar refractivity (Wildman–Crippen MR) is 97.3 cm³/mol. The minimum absolute atomic E-state index is 0.871. The molecule has 0 aliphatic heterocycles. The highest BCUT2D eigenvalue weighted by atomic mass is 15.0. The Bertz CT molecular complexity index is 373. The molecule has 23 heavy (non-hydrogen) atoms. The summed E-state index contributed by atoms with van der Waals surface area (Å²) in [6.45, 7) is 1.20. The number of imidazole rings is 1. The Kier molecular flexibility index (Phi) is 7.04. The third-order valence-corrected chi connectivity index (χ3v) is 6.31. The van der Waals surface area contributed by atoms with E-state index in [9.17, 15) is 0 Å². The highest BCUT2D eigenvalue weighted by Crippen LogP contribution is 2.34. The quantitative estimate of drug-likeness (QED) is 0.570. The fourth-order valence-corrected chi connectivity index (χ4v) is 5.08. The van der Waals surface area contributed by atoms with Gasteiger partial charge in [0, 0.05) is 18.9 Å². The zero-order valence-corrected chi connectivity index (χ0v) is 15.0. The maximum Gasteiger partial charge on any atom is 0.0945 e. The first-order valence-electron chi connectivity index (χ1n) is 10.4. The first-order chi connectivity index (χ1) is 11.4. The molecular formula is C21H36N2. The van der Waals surface area contributed by atoms with E-state index < -0.39 is 0 Å². The smallest absolute Gasteiger partial charge is 0.0945 e. The van der Waals surface area contributed by atoms with Crippen LogP contribution in [0.5, 0.6) is 0 Å². The van der Waals surface area contributed by atoms with Gasteiger partial charge in [-0.05, 0) is 30.6 Å². The van der Waals surface area contributed by atoms with Crippen LogP contribution in [0.1, 0.15) is 89.9 Å². The van der Waals surface area contributed by atoms with Gasteiger partial charge in [-0.3, -0.25) is 0 Å². The SMILES string of the molecule is c1cn(CC(CC2CCCCCC2)CC2CCCCCC2)cn1. The van der Waals surface area contributed by atoms with Gasteiger partial charge in [0.05, 0.1) is 6.33 Å². The van der Waals surface area contributed by atoms with Gasteiger partial charge in [0.1, 0.15) is 0 Å². The van der Waals surface area contributed by atoms with E-state index >= 15 is 0 Å². The van der Waals surface area contributed by atoms with Crippen molar-refractivity contribution in [1.82, 2.24) is 9.55 Å². The second-order valence-corrected chi connectivity index (χ2v) is 8.31. The maximum atomic E-state index is 4.26. The molecule has 0 amide bonds. The Morgan fingerprint density at radius 1 is 0.783 bits per heavy atom. The monoisotopic (exact) mass is 316 g/mol. The number of hydrogen-bond donors (Lipinski definition) is 0. The molecule has 2 nitrogen and oxygen atoms in total. The number of nitrogens with zero attached hydrogens (tertiary/aromatic N) is 2. The molecule has 0 bridgehead atoms. The lowest BCUT2D eigenvalue weighted by molar-refractivity contribution is 0.249. The van der Waals surface area contributed by atoms with E-state index in [0.29, 0.717) is 0 Å². The summed E-state index contributed by atoms with van der Waals surface area (Å²) >= 11 is 0. The molecule has 2 saturated carbocycles. The summed E-state index contributed by atoms with van der Waals surface area (Å²) in [5.74, 6) is 2.86. The van der Waals surface area contributed by atoms with Crippen molar-refractivity contribution in [3.63, 3.8) is 0 Å². The number of hydrogen-bond acceptors (Lipinski definition) is 1. The normalized spacial score (nSPS) is 22.1. The van der Waals surface area contributed by atoms with Gasteiger partial charge in [-0.2, -0.15) is 0 Å². The van der Waals surface area contributed by atoms with E-state index in [1.807, 2.05) is 12.5 Å². The van der Waals surface area contributed by atoms with E-state index in [0.717, 1.165) is 17.8 Å². The van der Waals surface area contributed by atoms with Crippen molar-refractivity contribution >= 4 is 0 Å². The molecule has 0 atom stereocenters. The van der Waals surface area contributed by atoms with E-state index in [-0.39, 0.29) is 0 Å². The van der Waals surface area contributed by atoms with Crippen LogP contribution in [-0.4, -0.2) is 9.55 Å². The zero-order valence-electron chi connectivity index (χ0n) is 15.0. The molecule has 2 aliphatic carbocycles. The van der Waals surface area contributed by atoms with Crippen LogP contribution in [0.25, 0.3) is 0 Å². The summed E-state index contributed by atoms with van der Waals surface area (Å²) in [5.41, 5.74) is 0. The Labute approximate surface area is 143 Å². The molecule has 1 aromatic heterocycles. The summed E-state index contributed by atoms with van der Waals surface area (Å²) in [6, 6.07) is 0. The molecule has 0 radical (unpaired) electrons. The Morgan fingerprint density at radius 2 is 1.30 bits per heavy atom. The maximum absolute atomic E-state index is 4.26. The lowest BCUT2D eigenvalue weighted by Gasteiger charge is -2.27. The molecule has 0 spiro atoms. The average molecular weight is 317 g/mol. The molecule has 0 saturated heterocycles. The summed E-state index contributed by atoms with van der Waals surface area (Å²) in [5, 5.41) is 0. The molecule has 2 heteroatoms. The molecule has 0 unspecified atom stereocenters. The van der Waals surface area contributed by atoms with Gasteiger partial charge in [-0.1, -0.05) is 77.0 Å². The lowest BCUT2D eigenvalue weighted by Crippen LogP contribution is -2.18. The molecule has 2 fully saturated rings. The van der Waals surface area contributed by atoms with E-state index in [1.54, 1.807) is 0 Å². The lowest BCUT2D eigenvalue weighted by atomic mass is 9.82. The predicted octanol–water partition coefficient (Wildman–Crippen LogP) is 6.22. The standard InChI is InChI=1S/C21H36N2/c1-2-6-10-19(9-5-1)15-21(17-23-14-13-22-18-23)16-20-11-7-3-4-8-12-20/h13-14,18-21H,1-12,15-17H2. The van der Waals surface area contributed by atoms with Crippen LogP contribution in [-0.2, 0) is 6.54 Å². The summed E-state index contributed by atoms with van der Waals surface area (Å²) in [7, 11) is 0. The van der Waals surface area contributed by atoms with Crippen LogP contribution in [0.15, 0.2) is 18.7 Å². The van der Waals surface area contributed by atoms with Crippen molar-refractivity contribution in [2.75, 3.05) is 0 Å². The van der Waals surface area contributed by atoms with Crippen molar-refractivity contribution in [3.05, 3.63) is 18.7 Å². The largest absolute Gasteiger partial charge is 0.337 e. The molecule has 130 valence electrons. The topological polar surface area (TPSA) is 17.8 Å². The van der Waals surface area contributed by atoms with Crippen LogP contribution in [0.2, 0.25) is 0 Å². The van der Waals surface area contributed by atoms with Gasteiger partial charge in [-0.25, -0.2) is 4.98 Å². The van der Waals surface area contributed by atoms with Gasteiger partial charge >= 0.3 is 0 Å². The summed E-state index contributed by atoms with van der Waals surface area (Å²) in [4.78, 5) is 4.26. The molecule has 3 rings (SSSR count). The van der Waals surface area contributed by atoms with Gasteiger partial charge in [0.15, 0.2) is 0 Å². The van der Waals surface area contributed by atoms with Crippen LogP contribution in [0.4, 0.5) is 0 Å². The average Bonchev–Trinajstić information content (AvgIpc) is 2.77. The van der Waals surface area contributed by atoms with Crippen LogP contribution < -0.4 is 0 Å². The van der Waals surface area contributed by atoms with Crippen LogP contribution in [0.3, 0.4) is 0 Å². The Hall–Kier alpha value is -0.790. The summed E-state index contributed by atoms with van der Waals surface area (Å²) in [6.07, 6.45) is 26.8. The second-order valence-electron chi connectivity index (χ2n) is 8.31. The third kappa shape index (κ3) is 5.97. The van der Waals surface area contributed by atoms with Crippen molar-refractivity contribution in [3.8, 4) is 0 Å². The third-order valence-electron chi connectivity index (χ3n) is 6.31. The van der Waals surface area contributed by atoms with E-state index in [1.165, 1.54) is 96.4 Å². The molecule has 1 heterocycles. The van der Waals surface area contributed by atoms with Gasteiger partial charge in [0.25, 0.3) is 0 Å². The highest BCUT2D eigenvalue weighted by molar-refractivity contribution is 4.79.